The Morgan fingerprint density at radius 3 is 2.57 bits per heavy atom. The molecule has 2 bridgehead atoms. The SMILES string of the molecule is O=C(NC1CC2CNC1C2)c1ccc(-c2ccccc2NC(=O)C(F)(F)F)s1. The molecule has 0 spiro atoms. The largest absolute Gasteiger partial charge is 0.471 e. The fourth-order valence-corrected chi connectivity index (χ4v) is 4.81. The Morgan fingerprint density at radius 2 is 1.89 bits per heavy atom. The predicted molar refractivity (Wildman–Crippen MR) is 100 cm³/mol. The van der Waals surface area contributed by atoms with Gasteiger partial charge < -0.3 is 16.0 Å². The van der Waals surface area contributed by atoms with Crippen LogP contribution in [0.15, 0.2) is 36.4 Å². The Hall–Kier alpha value is -2.39. The van der Waals surface area contributed by atoms with Gasteiger partial charge in [0.2, 0.25) is 0 Å². The summed E-state index contributed by atoms with van der Waals surface area (Å²) in [5, 5.41) is 8.34. The highest BCUT2D eigenvalue weighted by Crippen LogP contribution is 2.35. The van der Waals surface area contributed by atoms with Crippen molar-refractivity contribution in [3.05, 3.63) is 41.3 Å². The maximum atomic E-state index is 12.6. The lowest BCUT2D eigenvalue weighted by Gasteiger charge is -2.23. The Labute approximate surface area is 163 Å². The average molecular weight is 409 g/mol. The Bertz CT molecular complexity index is 912. The smallest absolute Gasteiger partial charge is 0.347 e. The van der Waals surface area contributed by atoms with Gasteiger partial charge in [0, 0.05) is 28.2 Å². The van der Waals surface area contributed by atoms with E-state index < -0.39 is 12.1 Å². The Morgan fingerprint density at radius 1 is 1.11 bits per heavy atom. The van der Waals surface area contributed by atoms with Gasteiger partial charge in [0.05, 0.1) is 4.88 Å². The molecule has 3 unspecified atom stereocenters. The van der Waals surface area contributed by atoms with Gasteiger partial charge >= 0.3 is 12.1 Å². The van der Waals surface area contributed by atoms with Crippen molar-refractivity contribution in [3.63, 3.8) is 0 Å². The minimum atomic E-state index is -4.97. The zero-order valence-electron chi connectivity index (χ0n) is 14.7. The van der Waals surface area contributed by atoms with Crippen molar-refractivity contribution in [1.29, 1.82) is 0 Å². The van der Waals surface area contributed by atoms with Gasteiger partial charge in [-0.15, -0.1) is 11.3 Å². The van der Waals surface area contributed by atoms with E-state index in [4.69, 9.17) is 0 Å². The summed E-state index contributed by atoms with van der Waals surface area (Å²) in [7, 11) is 0. The van der Waals surface area contributed by atoms with Crippen LogP contribution in [0, 0.1) is 5.92 Å². The molecule has 2 aliphatic rings. The van der Waals surface area contributed by atoms with Crippen molar-refractivity contribution in [3.8, 4) is 10.4 Å². The van der Waals surface area contributed by atoms with E-state index in [0.717, 1.165) is 19.4 Å². The first kappa shape index (κ1) is 18.9. The van der Waals surface area contributed by atoms with Crippen molar-refractivity contribution in [2.24, 2.45) is 5.92 Å². The number of hydrogen-bond acceptors (Lipinski definition) is 4. The van der Waals surface area contributed by atoms with Crippen LogP contribution in [0.25, 0.3) is 10.4 Å². The van der Waals surface area contributed by atoms with Crippen LogP contribution >= 0.6 is 11.3 Å². The topological polar surface area (TPSA) is 70.2 Å². The first-order valence-corrected chi connectivity index (χ1v) is 9.74. The molecule has 9 heteroatoms. The van der Waals surface area contributed by atoms with Crippen molar-refractivity contribution < 1.29 is 22.8 Å². The van der Waals surface area contributed by atoms with E-state index in [1.807, 2.05) is 5.32 Å². The molecule has 3 atom stereocenters. The second-order valence-corrected chi connectivity index (χ2v) is 8.18. The van der Waals surface area contributed by atoms with Crippen LogP contribution in [0.1, 0.15) is 22.5 Å². The van der Waals surface area contributed by atoms with Crippen molar-refractivity contribution in [1.82, 2.24) is 10.6 Å². The molecule has 1 aliphatic heterocycles. The number of rotatable bonds is 4. The first-order chi connectivity index (χ1) is 13.3. The summed E-state index contributed by atoms with van der Waals surface area (Å²) in [6.45, 7) is 1.00. The van der Waals surface area contributed by atoms with Crippen LogP contribution < -0.4 is 16.0 Å². The van der Waals surface area contributed by atoms with Crippen LogP contribution in [0.4, 0.5) is 18.9 Å². The summed E-state index contributed by atoms with van der Waals surface area (Å²) in [6.07, 6.45) is -2.93. The molecule has 28 heavy (non-hydrogen) atoms. The molecule has 2 fully saturated rings. The monoisotopic (exact) mass is 409 g/mol. The fourth-order valence-electron chi connectivity index (χ4n) is 3.86. The first-order valence-electron chi connectivity index (χ1n) is 8.93. The lowest BCUT2D eigenvalue weighted by atomic mass is 10.1. The molecule has 148 valence electrons. The zero-order chi connectivity index (χ0) is 19.9. The molecule has 1 aliphatic carbocycles. The summed E-state index contributed by atoms with van der Waals surface area (Å²) in [6, 6.07) is 9.97. The van der Waals surface area contributed by atoms with Gasteiger partial charge in [0.25, 0.3) is 5.91 Å². The molecule has 1 aromatic heterocycles. The molecule has 2 heterocycles. The second kappa shape index (κ2) is 7.21. The summed E-state index contributed by atoms with van der Waals surface area (Å²) >= 11 is 1.18. The summed E-state index contributed by atoms with van der Waals surface area (Å²) < 4.78 is 37.7. The van der Waals surface area contributed by atoms with E-state index in [1.165, 1.54) is 17.4 Å². The van der Waals surface area contributed by atoms with Crippen molar-refractivity contribution in [2.75, 3.05) is 11.9 Å². The molecule has 1 saturated carbocycles. The summed E-state index contributed by atoms with van der Waals surface area (Å²) in [4.78, 5) is 24.9. The van der Waals surface area contributed by atoms with E-state index in [-0.39, 0.29) is 17.6 Å². The van der Waals surface area contributed by atoms with E-state index in [0.29, 0.717) is 27.3 Å². The highest BCUT2D eigenvalue weighted by molar-refractivity contribution is 7.17. The zero-order valence-corrected chi connectivity index (χ0v) is 15.5. The lowest BCUT2D eigenvalue weighted by Crippen LogP contribution is -2.47. The number of carbonyl (C=O) groups excluding carboxylic acids is 2. The molecule has 3 N–H and O–H groups in total. The van der Waals surface area contributed by atoms with Gasteiger partial charge in [-0.3, -0.25) is 9.59 Å². The van der Waals surface area contributed by atoms with Gasteiger partial charge in [-0.25, -0.2) is 0 Å². The number of alkyl halides is 3. The number of hydrogen-bond donors (Lipinski definition) is 3. The third-order valence-corrected chi connectivity index (χ3v) is 6.29. The number of anilines is 1. The highest BCUT2D eigenvalue weighted by atomic mass is 32.1. The molecule has 0 radical (unpaired) electrons. The number of carbonyl (C=O) groups is 2. The summed E-state index contributed by atoms with van der Waals surface area (Å²) in [5.74, 6) is -1.61. The number of benzene rings is 1. The number of nitrogens with one attached hydrogen (secondary N) is 3. The third-order valence-electron chi connectivity index (χ3n) is 5.17. The number of para-hydroxylation sites is 1. The minimum Gasteiger partial charge on any atom is -0.347 e. The quantitative estimate of drug-likeness (QED) is 0.725. The van der Waals surface area contributed by atoms with Crippen LogP contribution in [-0.4, -0.2) is 36.6 Å². The molecule has 1 aromatic carbocycles. The maximum Gasteiger partial charge on any atom is 0.471 e. The average Bonchev–Trinajstić information content (AvgIpc) is 3.38. The van der Waals surface area contributed by atoms with Gasteiger partial charge in [-0.2, -0.15) is 13.2 Å². The fraction of sp³-hybridized carbons (Fsp3) is 0.368. The Balaban J connectivity index is 1.50. The molecule has 2 aromatic rings. The standard InChI is InChI=1S/C19H18F3N3O2S/c20-19(21,22)18(27)25-12-4-2-1-3-11(12)15-5-6-16(28-15)17(26)24-14-8-10-7-13(14)23-9-10/h1-6,10,13-14,23H,7-9H2,(H,24,26)(H,25,27). The molecule has 5 nitrogen and oxygen atoms in total. The van der Waals surface area contributed by atoms with E-state index in [9.17, 15) is 22.8 Å². The number of halogens is 3. The van der Waals surface area contributed by atoms with Crippen molar-refractivity contribution >= 4 is 28.8 Å². The van der Waals surface area contributed by atoms with E-state index in [2.05, 4.69) is 10.6 Å². The lowest BCUT2D eigenvalue weighted by molar-refractivity contribution is -0.167. The van der Waals surface area contributed by atoms with Crippen LogP contribution in [-0.2, 0) is 4.79 Å². The van der Waals surface area contributed by atoms with Gasteiger partial charge in [-0.1, -0.05) is 18.2 Å². The molecule has 1 saturated heterocycles. The molecular formula is C19H18F3N3O2S. The number of piperidine rings is 1. The van der Waals surface area contributed by atoms with Gasteiger partial charge in [0.1, 0.15) is 0 Å². The second-order valence-electron chi connectivity index (χ2n) is 7.09. The van der Waals surface area contributed by atoms with E-state index in [1.54, 1.807) is 30.3 Å². The number of amides is 2. The van der Waals surface area contributed by atoms with Crippen molar-refractivity contribution in [2.45, 2.75) is 31.1 Å². The number of thiophene rings is 1. The van der Waals surface area contributed by atoms with E-state index >= 15 is 0 Å². The number of fused-ring (bicyclic) bond motifs is 2. The van der Waals surface area contributed by atoms with Gasteiger partial charge in [-0.05, 0) is 43.5 Å². The summed E-state index contributed by atoms with van der Waals surface area (Å²) in [5.41, 5.74) is 0.488. The highest BCUT2D eigenvalue weighted by Gasteiger charge is 2.40. The minimum absolute atomic E-state index is 0.0518. The molecular weight excluding hydrogens is 391 g/mol. The van der Waals surface area contributed by atoms with Crippen LogP contribution in [0.3, 0.4) is 0 Å². The maximum absolute atomic E-state index is 12.6. The Kier molecular flexibility index (Phi) is 4.88. The van der Waals surface area contributed by atoms with Gasteiger partial charge in [0.15, 0.2) is 0 Å². The van der Waals surface area contributed by atoms with Crippen LogP contribution in [0.2, 0.25) is 0 Å². The molecule has 2 amide bonds. The van der Waals surface area contributed by atoms with Crippen LogP contribution in [0.5, 0.6) is 0 Å². The predicted octanol–water partition coefficient (Wildman–Crippen LogP) is 3.40. The third kappa shape index (κ3) is 3.77. The normalized spacial score (nSPS) is 23.6. The molecule has 4 rings (SSSR count).